The lowest BCUT2D eigenvalue weighted by Crippen LogP contribution is -2.41. The van der Waals surface area contributed by atoms with Gasteiger partial charge in [0.25, 0.3) is 5.91 Å². The highest BCUT2D eigenvalue weighted by Crippen LogP contribution is 2.09. The van der Waals surface area contributed by atoms with Crippen LogP contribution in [0.5, 0.6) is 0 Å². The Morgan fingerprint density at radius 3 is 2.41 bits per heavy atom. The monoisotopic (exact) mass is 399 g/mol. The van der Waals surface area contributed by atoms with Crippen LogP contribution in [0.2, 0.25) is 0 Å². The van der Waals surface area contributed by atoms with Crippen molar-refractivity contribution < 1.29 is 14.0 Å². The molecule has 2 rings (SSSR count). The predicted octanol–water partition coefficient (Wildman–Crippen LogP) is 2.22. The van der Waals surface area contributed by atoms with Crippen LogP contribution in [0.25, 0.3) is 0 Å². The Hall–Kier alpha value is -3.42. The van der Waals surface area contributed by atoms with E-state index in [9.17, 15) is 14.0 Å². The van der Waals surface area contributed by atoms with Crippen LogP contribution < -0.4 is 16.0 Å². The normalized spacial score (nSPS) is 11.0. The summed E-state index contributed by atoms with van der Waals surface area (Å²) in [6.07, 6.45) is 0. The second-order valence-electron chi connectivity index (χ2n) is 6.50. The first-order valence-corrected chi connectivity index (χ1v) is 9.27. The first kappa shape index (κ1) is 21.9. The van der Waals surface area contributed by atoms with Crippen LogP contribution in [0.4, 0.5) is 10.1 Å². The number of rotatable bonds is 7. The highest BCUT2D eigenvalue weighted by Gasteiger charge is 2.08. The Morgan fingerprint density at radius 1 is 1.07 bits per heavy atom. The van der Waals surface area contributed by atoms with Crippen LogP contribution in [-0.2, 0) is 11.3 Å². The lowest BCUT2D eigenvalue weighted by atomic mass is 10.1. The second-order valence-corrected chi connectivity index (χ2v) is 6.50. The molecule has 2 aromatic rings. The van der Waals surface area contributed by atoms with Gasteiger partial charge in [-0.1, -0.05) is 18.2 Å². The zero-order valence-corrected chi connectivity index (χ0v) is 16.8. The van der Waals surface area contributed by atoms with Gasteiger partial charge in [-0.05, 0) is 42.8 Å². The summed E-state index contributed by atoms with van der Waals surface area (Å²) in [4.78, 5) is 29.9. The van der Waals surface area contributed by atoms with Crippen LogP contribution >= 0.6 is 0 Å². The van der Waals surface area contributed by atoms with E-state index < -0.39 is 5.82 Å². The molecule has 0 aliphatic carbocycles. The van der Waals surface area contributed by atoms with Crippen molar-refractivity contribution in [1.29, 1.82) is 0 Å². The molecule has 0 saturated carbocycles. The number of amides is 2. The third-order valence-corrected chi connectivity index (χ3v) is 3.90. The topological polar surface area (TPSA) is 85.8 Å². The fraction of sp³-hybridized carbons (Fsp3) is 0.286. The fourth-order valence-electron chi connectivity index (χ4n) is 2.46. The quantitative estimate of drug-likeness (QED) is 0.492. The Bertz CT molecular complexity index is 866. The van der Waals surface area contributed by atoms with Gasteiger partial charge in [-0.15, -0.1) is 0 Å². The zero-order chi connectivity index (χ0) is 21.2. The summed E-state index contributed by atoms with van der Waals surface area (Å²) in [5.74, 6) is -0.300. The Balaban J connectivity index is 1.92. The van der Waals surface area contributed by atoms with E-state index in [-0.39, 0.29) is 18.4 Å². The number of hydrogen-bond acceptors (Lipinski definition) is 3. The SMILES string of the molecule is CCNC(=NCc1ccc(C(=O)N(C)C)cc1)NCC(=O)Nc1cccc(F)c1. The molecule has 0 aliphatic rings. The number of carbonyl (C=O) groups is 2. The number of anilines is 1. The van der Waals surface area contributed by atoms with E-state index in [1.54, 1.807) is 32.3 Å². The Morgan fingerprint density at radius 2 is 1.79 bits per heavy atom. The minimum absolute atomic E-state index is 0.0153. The third kappa shape index (κ3) is 7.25. The molecule has 154 valence electrons. The van der Waals surface area contributed by atoms with Crippen molar-refractivity contribution in [2.24, 2.45) is 4.99 Å². The predicted molar refractivity (Wildman–Crippen MR) is 112 cm³/mol. The van der Waals surface area contributed by atoms with Gasteiger partial charge in [0.05, 0.1) is 13.1 Å². The van der Waals surface area contributed by atoms with E-state index in [0.29, 0.717) is 30.3 Å². The van der Waals surface area contributed by atoms with Crippen molar-refractivity contribution >= 4 is 23.5 Å². The first-order chi connectivity index (χ1) is 13.9. The lowest BCUT2D eigenvalue weighted by molar-refractivity contribution is -0.115. The number of halogens is 1. The van der Waals surface area contributed by atoms with Crippen molar-refractivity contribution in [3.05, 3.63) is 65.5 Å². The molecule has 0 radical (unpaired) electrons. The molecular weight excluding hydrogens is 373 g/mol. The molecule has 0 atom stereocenters. The molecule has 0 unspecified atom stereocenters. The van der Waals surface area contributed by atoms with Gasteiger partial charge < -0.3 is 20.9 Å². The van der Waals surface area contributed by atoms with E-state index >= 15 is 0 Å². The smallest absolute Gasteiger partial charge is 0.253 e. The van der Waals surface area contributed by atoms with Crippen molar-refractivity contribution in [3.8, 4) is 0 Å². The minimum Gasteiger partial charge on any atom is -0.357 e. The molecule has 2 aromatic carbocycles. The highest BCUT2D eigenvalue weighted by molar-refractivity contribution is 5.95. The number of benzene rings is 2. The number of aliphatic imine (C=N–C) groups is 1. The van der Waals surface area contributed by atoms with Gasteiger partial charge in [0.15, 0.2) is 5.96 Å². The maximum atomic E-state index is 13.2. The molecule has 0 heterocycles. The number of carbonyl (C=O) groups excluding carboxylic acids is 2. The fourth-order valence-corrected chi connectivity index (χ4v) is 2.46. The molecule has 8 heteroatoms. The molecule has 0 bridgehead atoms. The summed E-state index contributed by atoms with van der Waals surface area (Å²) in [6.45, 7) is 2.93. The molecule has 0 aromatic heterocycles. The van der Waals surface area contributed by atoms with Gasteiger partial charge in [0.2, 0.25) is 5.91 Å². The Kier molecular flexibility index (Phi) is 8.14. The highest BCUT2D eigenvalue weighted by atomic mass is 19.1. The average Bonchev–Trinajstić information content (AvgIpc) is 2.70. The number of nitrogens with zero attached hydrogens (tertiary/aromatic N) is 2. The van der Waals surface area contributed by atoms with E-state index in [0.717, 1.165) is 5.56 Å². The van der Waals surface area contributed by atoms with Crippen molar-refractivity contribution in [2.75, 3.05) is 32.5 Å². The largest absolute Gasteiger partial charge is 0.357 e. The average molecular weight is 399 g/mol. The Labute approximate surface area is 170 Å². The molecule has 0 spiro atoms. The summed E-state index contributed by atoms with van der Waals surface area (Å²) >= 11 is 0. The molecule has 0 aliphatic heterocycles. The van der Waals surface area contributed by atoms with Gasteiger partial charge in [-0.2, -0.15) is 0 Å². The van der Waals surface area contributed by atoms with Crippen LogP contribution in [-0.4, -0.2) is 49.9 Å². The van der Waals surface area contributed by atoms with Crippen LogP contribution in [0.3, 0.4) is 0 Å². The molecule has 0 fully saturated rings. The number of guanidine groups is 1. The van der Waals surface area contributed by atoms with Gasteiger partial charge >= 0.3 is 0 Å². The minimum atomic E-state index is -0.413. The van der Waals surface area contributed by atoms with Crippen molar-refractivity contribution in [2.45, 2.75) is 13.5 Å². The molecule has 2 amide bonds. The van der Waals surface area contributed by atoms with Gasteiger partial charge in [-0.3, -0.25) is 9.59 Å². The lowest BCUT2D eigenvalue weighted by Gasteiger charge is -2.12. The van der Waals surface area contributed by atoms with Gasteiger partial charge in [0, 0.05) is 31.9 Å². The summed E-state index contributed by atoms with van der Waals surface area (Å²) in [5, 5.41) is 8.63. The summed E-state index contributed by atoms with van der Waals surface area (Å²) < 4.78 is 13.2. The van der Waals surface area contributed by atoms with Gasteiger partial charge in [-0.25, -0.2) is 9.38 Å². The summed E-state index contributed by atoms with van der Waals surface area (Å²) in [5.41, 5.74) is 1.94. The van der Waals surface area contributed by atoms with Crippen LogP contribution in [0.1, 0.15) is 22.8 Å². The molecule has 0 saturated heterocycles. The zero-order valence-electron chi connectivity index (χ0n) is 16.8. The third-order valence-electron chi connectivity index (χ3n) is 3.90. The van der Waals surface area contributed by atoms with E-state index in [4.69, 9.17) is 0 Å². The molecular formula is C21H26FN5O2. The van der Waals surface area contributed by atoms with Gasteiger partial charge in [0.1, 0.15) is 5.82 Å². The van der Waals surface area contributed by atoms with E-state index in [1.165, 1.54) is 23.1 Å². The van der Waals surface area contributed by atoms with Crippen LogP contribution in [0.15, 0.2) is 53.5 Å². The van der Waals surface area contributed by atoms with Crippen molar-refractivity contribution in [3.63, 3.8) is 0 Å². The van der Waals surface area contributed by atoms with Crippen molar-refractivity contribution in [1.82, 2.24) is 15.5 Å². The van der Waals surface area contributed by atoms with E-state index in [2.05, 4.69) is 20.9 Å². The van der Waals surface area contributed by atoms with Crippen LogP contribution in [0, 0.1) is 5.82 Å². The molecule has 29 heavy (non-hydrogen) atoms. The number of hydrogen-bond donors (Lipinski definition) is 3. The molecule has 7 nitrogen and oxygen atoms in total. The first-order valence-electron chi connectivity index (χ1n) is 9.27. The standard InChI is InChI=1S/C21H26FN5O2/c1-4-23-21(25-14-19(28)26-18-7-5-6-17(22)12-18)24-13-15-8-10-16(11-9-15)20(29)27(2)3/h5-12H,4,13-14H2,1-3H3,(H,26,28)(H2,23,24,25). The summed E-state index contributed by atoms with van der Waals surface area (Å²) in [6, 6.07) is 12.9. The van der Waals surface area contributed by atoms with E-state index in [1.807, 2.05) is 19.1 Å². The maximum absolute atomic E-state index is 13.2. The maximum Gasteiger partial charge on any atom is 0.253 e. The number of nitrogens with one attached hydrogen (secondary N) is 3. The summed E-state index contributed by atoms with van der Waals surface area (Å²) in [7, 11) is 3.42. The second kappa shape index (κ2) is 10.8. The molecule has 3 N–H and O–H groups in total.